The zero-order valence-corrected chi connectivity index (χ0v) is 31.2. The van der Waals surface area contributed by atoms with Crippen molar-refractivity contribution < 1.29 is 8.83 Å². The van der Waals surface area contributed by atoms with E-state index in [1.165, 1.54) is 54.8 Å². The molecule has 0 spiro atoms. The molecule has 270 valence electrons. The predicted molar refractivity (Wildman–Crippen MR) is 241 cm³/mol. The third-order valence-corrected chi connectivity index (χ3v) is 12.1. The lowest BCUT2D eigenvalue weighted by molar-refractivity contribution is 0.669. The molecule has 0 atom stereocenters. The van der Waals surface area contributed by atoms with Crippen molar-refractivity contribution in [2.24, 2.45) is 0 Å². The first-order chi connectivity index (χ1) is 28.7. The smallest absolute Gasteiger partial charge is 0.137 e. The zero-order valence-electron chi connectivity index (χ0n) is 31.2. The summed E-state index contributed by atoms with van der Waals surface area (Å²) < 4.78 is 15.6. The van der Waals surface area contributed by atoms with Crippen LogP contribution in [0.4, 0.5) is 17.1 Å². The molecule has 4 nitrogen and oxygen atoms in total. The summed E-state index contributed by atoms with van der Waals surface area (Å²) in [6, 6.07) is 69.4. The Morgan fingerprint density at radius 1 is 0.293 bits per heavy atom. The Hall–Kier alpha value is -7.82. The summed E-state index contributed by atoms with van der Waals surface area (Å²) in [7, 11) is 0. The number of benzene rings is 9. The molecule has 4 heterocycles. The average Bonchev–Trinajstić information content (AvgIpc) is 4.03. The lowest BCUT2D eigenvalue weighted by Crippen LogP contribution is -2.09. The van der Waals surface area contributed by atoms with Crippen LogP contribution < -0.4 is 4.90 Å². The first kappa shape index (κ1) is 31.4. The van der Waals surface area contributed by atoms with Gasteiger partial charge in [-0.25, -0.2) is 0 Å². The molecule has 0 aliphatic heterocycles. The van der Waals surface area contributed by atoms with Crippen molar-refractivity contribution in [3.63, 3.8) is 0 Å². The minimum atomic E-state index is 0.839. The second-order valence-electron chi connectivity index (χ2n) is 15.3. The number of rotatable bonds is 5. The fourth-order valence-electron chi connectivity index (χ4n) is 9.43. The van der Waals surface area contributed by atoms with E-state index in [2.05, 4.69) is 191 Å². The van der Waals surface area contributed by atoms with E-state index in [1.54, 1.807) is 0 Å². The van der Waals surface area contributed by atoms with E-state index in [0.717, 1.165) is 66.5 Å². The maximum absolute atomic E-state index is 6.78. The number of hydrogen-bond donors (Lipinski definition) is 0. The first-order valence-corrected chi connectivity index (χ1v) is 19.7. The lowest BCUT2D eigenvalue weighted by Gasteiger charge is -2.25. The lowest BCUT2D eigenvalue weighted by atomic mass is 9.98. The first-order valence-electron chi connectivity index (χ1n) is 19.7. The summed E-state index contributed by atoms with van der Waals surface area (Å²) in [4.78, 5) is 2.28. The van der Waals surface area contributed by atoms with Crippen LogP contribution in [0.1, 0.15) is 0 Å². The van der Waals surface area contributed by atoms with Crippen LogP contribution in [0.5, 0.6) is 0 Å². The Labute approximate surface area is 332 Å². The van der Waals surface area contributed by atoms with Crippen LogP contribution >= 0.6 is 0 Å². The maximum atomic E-state index is 6.78. The number of hydrogen-bond acceptors (Lipinski definition) is 3. The summed E-state index contributed by atoms with van der Waals surface area (Å²) in [5.74, 6) is 0. The van der Waals surface area contributed by atoms with E-state index < -0.39 is 0 Å². The van der Waals surface area contributed by atoms with Gasteiger partial charge in [-0.2, -0.15) is 0 Å². The molecule has 4 heteroatoms. The molecule has 0 amide bonds. The highest BCUT2D eigenvalue weighted by molar-refractivity contribution is 6.24. The molecular weight excluding hydrogens is 709 g/mol. The fourth-order valence-corrected chi connectivity index (χ4v) is 9.43. The number of furan rings is 2. The molecule has 58 heavy (non-hydrogen) atoms. The van der Waals surface area contributed by atoms with E-state index >= 15 is 0 Å². The normalized spacial score (nSPS) is 12.1. The second-order valence-corrected chi connectivity index (χ2v) is 15.3. The standard InChI is InChI=1S/C54H32N2O2/c1-2-10-33(11-3-1)34-18-21-37(22-19-34)55(38-23-26-44-42-14-6-9-17-50(42)57-52(44)31-38)39-24-27-45-43-25-20-35(30-51(43)58-53(45)32-39)36-28-46-40-12-4-7-15-48(40)56-49-16-8-5-13-41(49)47(29-36)54(46)56/h1-32H. The van der Waals surface area contributed by atoms with Crippen LogP contribution in [0.2, 0.25) is 0 Å². The summed E-state index contributed by atoms with van der Waals surface area (Å²) in [5, 5.41) is 9.48. The van der Waals surface area contributed by atoms with Gasteiger partial charge in [-0.3, -0.25) is 0 Å². The molecule has 13 rings (SSSR count). The van der Waals surface area contributed by atoms with Crippen molar-refractivity contribution in [1.29, 1.82) is 0 Å². The Bertz CT molecular complexity index is 3660. The molecule has 0 unspecified atom stereocenters. The number of fused-ring (bicyclic) bond motifs is 12. The largest absolute Gasteiger partial charge is 0.456 e. The van der Waals surface area contributed by atoms with E-state index in [-0.39, 0.29) is 0 Å². The van der Waals surface area contributed by atoms with E-state index in [4.69, 9.17) is 8.83 Å². The molecule has 0 N–H and O–H groups in total. The summed E-state index contributed by atoms with van der Waals surface area (Å²) in [6.45, 7) is 0. The highest BCUT2D eigenvalue weighted by atomic mass is 16.3. The summed E-state index contributed by atoms with van der Waals surface area (Å²) >= 11 is 0. The number of anilines is 3. The summed E-state index contributed by atoms with van der Waals surface area (Å²) in [6.07, 6.45) is 0. The van der Waals surface area contributed by atoms with Crippen molar-refractivity contribution >= 4 is 99.0 Å². The zero-order chi connectivity index (χ0) is 37.9. The van der Waals surface area contributed by atoms with E-state index in [1.807, 2.05) is 12.1 Å². The number of para-hydroxylation sites is 3. The van der Waals surface area contributed by atoms with Crippen LogP contribution in [0.25, 0.3) is 104 Å². The molecule has 0 bridgehead atoms. The van der Waals surface area contributed by atoms with Crippen molar-refractivity contribution in [2.45, 2.75) is 0 Å². The monoisotopic (exact) mass is 740 g/mol. The van der Waals surface area contributed by atoms with E-state index in [0.29, 0.717) is 0 Å². The molecule has 0 fully saturated rings. The minimum Gasteiger partial charge on any atom is -0.456 e. The highest BCUT2D eigenvalue weighted by Crippen LogP contribution is 2.44. The maximum Gasteiger partial charge on any atom is 0.137 e. The second kappa shape index (κ2) is 11.8. The van der Waals surface area contributed by atoms with Gasteiger partial charge in [0.15, 0.2) is 0 Å². The molecule has 0 saturated heterocycles. The molecule has 0 radical (unpaired) electrons. The van der Waals surface area contributed by atoms with Crippen LogP contribution in [0.3, 0.4) is 0 Å². The van der Waals surface area contributed by atoms with Crippen molar-refractivity contribution in [2.75, 3.05) is 4.90 Å². The Morgan fingerprint density at radius 2 is 0.759 bits per heavy atom. The van der Waals surface area contributed by atoms with Crippen LogP contribution in [-0.2, 0) is 0 Å². The molecular formula is C54H32N2O2. The Morgan fingerprint density at radius 3 is 1.41 bits per heavy atom. The number of nitrogens with zero attached hydrogens (tertiary/aromatic N) is 2. The van der Waals surface area contributed by atoms with Crippen LogP contribution in [0.15, 0.2) is 203 Å². The third-order valence-electron chi connectivity index (χ3n) is 12.1. The molecule has 0 aliphatic carbocycles. The molecule has 0 saturated carbocycles. The quantitative estimate of drug-likeness (QED) is 0.176. The fraction of sp³-hybridized carbons (Fsp3) is 0. The predicted octanol–water partition coefficient (Wildman–Crippen LogP) is 15.4. The Kier molecular flexibility index (Phi) is 6.41. The van der Waals surface area contributed by atoms with Crippen molar-refractivity contribution in [3.8, 4) is 22.3 Å². The van der Waals surface area contributed by atoms with Crippen LogP contribution in [-0.4, -0.2) is 4.40 Å². The van der Waals surface area contributed by atoms with Crippen LogP contribution in [0, 0.1) is 0 Å². The van der Waals surface area contributed by atoms with Gasteiger partial charge in [-0.05, 0) is 101 Å². The molecule has 9 aromatic carbocycles. The van der Waals surface area contributed by atoms with Gasteiger partial charge in [0, 0.05) is 72.3 Å². The minimum absolute atomic E-state index is 0.839. The SMILES string of the molecule is c1ccc(-c2ccc(N(c3ccc4c(c3)oc3ccccc34)c3ccc4c(c3)oc3cc(-c5cc6c7ccccc7n7c8ccccc8c(c5)c67)ccc34)cc2)cc1. The van der Waals surface area contributed by atoms with Gasteiger partial charge in [0.1, 0.15) is 22.3 Å². The topological polar surface area (TPSA) is 33.9 Å². The third kappa shape index (κ3) is 4.51. The van der Waals surface area contributed by atoms with Gasteiger partial charge in [0.25, 0.3) is 0 Å². The Balaban J connectivity index is 0.955. The average molecular weight is 741 g/mol. The van der Waals surface area contributed by atoms with Gasteiger partial charge >= 0.3 is 0 Å². The van der Waals surface area contributed by atoms with Gasteiger partial charge in [-0.15, -0.1) is 0 Å². The molecule has 13 aromatic rings. The number of aromatic nitrogens is 1. The highest BCUT2D eigenvalue weighted by Gasteiger charge is 2.21. The van der Waals surface area contributed by atoms with Gasteiger partial charge in [0.2, 0.25) is 0 Å². The van der Waals surface area contributed by atoms with E-state index in [9.17, 15) is 0 Å². The molecule has 0 aliphatic rings. The van der Waals surface area contributed by atoms with Gasteiger partial charge in [0.05, 0.1) is 16.6 Å². The van der Waals surface area contributed by atoms with Gasteiger partial charge < -0.3 is 18.1 Å². The van der Waals surface area contributed by atoms with Gasteiger partial charge in [-0.1, -0.05) is 103 Å². The molecule has 4 aromatic heterocycles. The van der Waals surface area contributed by atoms with Crippen molar-refractivity contribution in [1.82, 2.24) is 4.40 Å². The van der Waals surface area contributed by atoms with Crippen molar-refractivity contribution in [3.05, 3.63) is 194 Å². The summed E-state index contributed by atoms with van der Waals surface area (Å²) in [5.41, 5.74) is 14.9.